The fraction of sp³-hybridized carbons (Fsp3) is 0.500. The summed E-state index contributed by atoms with van der Waals surface area (Å²) in [5.41, 5.74) is 2.61. The third-order valence-electron chi connectivity index (χ3n) is 4.62. The predicted octanol–water partition coefficient (Wildman–Crippen LogP) is 3.45. The van der Waals surface area contributed by atoms with Crippen LogP contribution >= 0.6 is 0 Å². The molecule has 2 aliphatic rings. The topological polar surface area (TPSA) is 49.7 Å². The maximum absolute atomic E-state index is 12.6. The standard InChI is InChI=1S/C18H24N2O2S/c1-12-5-7-16(8-6-12)17-15(4)18(19-23(17,21)22)20-10-13(2)9-14(3)11-20/h5-8,13-14H,9-11H2,1-4H3. The molecular formula is C18H24N2O2S. The van der Waals surface area contributed by atoms with Gasteiger partial charge in [-0.1, -0.05) is 43.7 Å². The molecule has 5 heteroatoms. The maximum atomic E-state index is 12.6. The molecular weight excluding hydrogens is 308 g/mol. The molecule has 1 fully saturated rings. The number of aryl methyl sites for hydroxylation is 1. The highest BCUT2D eigenvalue weighted by molar-refractivity contribution is 8.00. The first kappa shape index (κ1) is 16.2. The van der Waals surface area contributed by atoms with Crippen LogP contribution in [0.25, 0.3) is 4.91 Å². The van der Waals surface area contributed by atoms with E-state index in [0.29, 0.717) is 22.6 Å². The molecule has 0 spiro atoms. The smallest absolute Gasteiger partial charge is 0.285 e. The molecule has 0 saturated carbocycles. The lowest BCUT2D eigenvalue weighted by atomic mass is 9.91. The first-order valence-electron chi connectivity index (χ1n) is 8.16. The Morgan fingerprint density at radius 1 is 1.04 bits per heavy atom. The van der Waals surface area contributed by atoms with E-state index in [-0.39, 0.29) is 0 Å². The molecule has 0 amide bonds. The SMILES string of the molecule is CC1=C(c2ccc(C)cc2)S(=O)(=O)N=C1N1CC(C)CC(C)C1. The Hall–Kier alpha value is -1.62. The van der Waals surface area contributed by atoms with E-state index in [4.69, 9.17) is 0 Å². The zero-order valence-electron chi connectivity index (χ0n) is 14.2. The zero-order valence-corrected chi connectivity index (χ0v) is 15.0. The normalized spacial score (nSPS) is 27.3. The van der Waals surface area contributed by atoms with Crippen LogP contribution in [0, 0.1) is 18.8 Å². The van der Waals surface area contributed by atoms with Gasteiger partial charge in [-0.15, -0.1) is 4.40 Å². The molecule has 0 aliphatic carbocycles. The fourth-order valence-electron chi connectivity index (χ4n) is 3.72. The zero-order chi connectivity index (χ0) is 16.8. The minimum atomic E-state index is -3.61. The van der Waals surface area contributed by atoms with Crippen LogP contribution in [0.3, 0.4) is 0 Å². The summed E-state index contributed by atoms with van der Waals surface area (Å²) in [6.45, 7) is 10.0. The number of sulfonamides is 1. The fourth-order valence-corrected chi connectivity index (χ4v) is 5.21. The van der Waals surface area contributed by atoms with Gasteiger partial charge in [-0.05, 0) is 37.7 Å². The third-order valence-corrected chi connectivity index (χ3v) is 6.09. The van der Waals surface area contributed by atoms with Gasteiger partial charge in [-0.3, -0.25) is 0 Å². The van der Waals surface area contributed by atoms with Crippen LogP contribution in [-0.4, -0.2) is 32.2 Å². The lowest BCUT2D eigenvalue weighted by Gasteiger charge is -2.36. The van der Waals surface area contributed by atoms with E-state index in [1.807, 2.05) is 38.1 Å². The summed E-state index contributed by atoms with van der Waals surface area (Å²) < 4.78 is 29.3. The number of piperidine rings is 1. The van der Waals surface area contributed by atoms with Gasteiger partial charge in [0, 0.05) is 18.7 Å². The first-order chi connectivity index (χ1) is 10.8. The molecule has 124 valence electrons. The van der Waals surface area contributed by atoms with Gasteiger partial charge in [-0.2, -0.15) is 8.42 Å². The molecule has 3 rings (SSSR count). The molecule has 2 aliphatic heterocycles. The highest BCUT2D eigenvalue weighted by Gasteiger charge is 2.35. The van der Waals surface area contributed by atoms with Gasteiger partial charge in [0.15, 0.2) is 0 Å². The molecule has 0 radical (unpaired) electrons. The van der Waals surface area contributed by atoms with Gasteiger partial charge in [-0.25, -0.2) is 0 Å². The monoisotopic (exact) mass is 332 g/mol. The Labute approximate surface area is 139 Å². The van der Waals surface area contributed by atoms with E-state index in [2.05, 4.69) is 23.1 Å². The number of hydrogen-bond acceptors (Lipinski definition) is 3. The van der Waals surface area contributed by atoms with Crippen molar-refractivity contribution in [3.63, 3.8) is 0 Å². The van der Waals surface area contributed by atoms with Crippen molar-refractivity contribution in [2.45, 2.75) is 34.1 Å². The highest BCUT2D eigenvalue weighted by atomic mass is 32.2. The Morgan fingerprint density at radius 2 is 1.61 bits per heavy atom. The van der Waals surface area contributed by atoms with Crippen LogP contribution in [-0.2, 0) is 10.0 Å². The van der Waals surface area contributed by atoms with E-state index >= 15 is 0 Å². The van der Waals surface area contributed by atoms with Crippen molar-refractivity contribution in [1.82, 2.24) is 4.90 Å². The molecule has 1 aromatic carbocycles. The molecule has 0 aromatic heterocycles. The van der Waals surface area contributed by atoms with Gasteiger partial charge >= 0.3 is 0 Å². The Balaban J connectivity index is 2.01. The second-order valence-electron chi connectivity index (χ2n) is 7.06. The van der Waals surface area contributed by atoms with Crippen LogP contribution in [0.2, 0.25) is 0 Å². The molecule has 2 unspecified atom stereocenters. The van der Waals surface area contributed by atoms with E-state index in [1.54, 1.807) is 0 Å². The molecule has 0 bridgehead atoms. The van der Waals surface area contributed by atoms with Crippen molar-refractivity contribution in [2.75, 3.05) is 13.1 Å². The van der Waals surface area contributed by atoms with E-state index < -0.39 is 10.0 Å². The molecule has 2 heterocycles. The van der Waals surface area contributed by atoms with E-state index in [1.165, 1.54) is 6.42 Å². The van der Waals surface area contributed by atoms with Gasteiger partial charge in [0.1, 0.15) is 10.7 Å². The van der Waals surface area contributed by atoms with E-state index in [0.717, 1.165) is 29.8 Å². The molecule has 1 saturated heterocycles. The minimum Gasteiger partial charge on any atom is -0.355 e. The summed E-state index contributed by atoms with van der Waals surface area (Å²) in [4.78, 5) is 2.51. The number of benzene rings is 1. The Bertz CT molecular complexity index is 766. The summed E-state index contributed by atoms with van der Waals surface area (Å²) in [5, 5.41) is 0. The predicted molar refractivity (Wildman–Crippen MR) is 94.6 cm³/mol. The van der Waals surface area contributed by atoms with Gasteiger partial charge < -0.3 is 4.90 Å². The van der Waals surface area contributed by atoms with Crippen molar-refractivity contribution in [1.29, 1.82) is 0 Å². The van der Waals surface area contributed by atoms with Gasteiger partial charge in [0.2, 0.25) is 0 Å². The summed E-state index contributed by atoms with van der Waals surface area (Å²) in [7, 11) is -3.61. The molecule has 2 atom stereocenters. The lowest BCUT2D eigenvalue weighted by molar-refractivity contribution is 0.214. The van der Waals surface area contributed by atoms with Crippen LogP contribution in [0.1, 0.15) is 38.3 Å². The first-order valence-corrected chi connectivity index (χ1v) is 9.60. The summed E-state index contributed by atoms with van der Waals surface area (Å²) in [6, 6.07) is 7.61. The van der Waals surface area contributed by atoms with Gasteiger partial charge in [0.25, 0.3) is 10.0 Å². The third kappa shape index (κ3) is 3.07. The maximum Gasteiger partial charge on any atom is 0.285 e. The second-order valence-corrected chi connectivity index (χ2v) is 8.60. The summed E-state index contributed by atoms with van der Waals surface area (Å²) in [5.74, 6) is 1.75. The summed E-state index contributed by atoms with van der Waals surface area (Å²) >= 11 is 0. The largest absolute Gasteiger partial charge is 0.355 e. The molecule has 1 aromatic rings. The minimum absolute atomic E-state index is 0.360. The van der Waals surface area contributed by atoms with Crippen molar-refractivity contribution in [3.05, 3.63) is 41.0 Å². The quantitative estimate of drug-likeness (QED) is 0.791. The number of likely N-dealkylation sites (tertiary alicyclic amines) is 1. The van der Waals surface area contributed by atoms with Crippen LogP contribution in [0.4, 0.5) is 0 Å². The van der Waals surface area contributed by atoms with Crippen molar-refractivity contribution >= 4 is 20.8 Å². The lowest BCUT2D eigenvalue weighted by Crippen LogP contribution is -2.42. The average molecular weight is 332 g/mol. The summed E-state index contributed by atoms with van der Waals surface area (Å²) in [6.07, 6.45) is 1.18. The molecule has 23 heavy (non-hydrogen) atoms. The van der Waals surface area contributed by atoms with Crippen molar-refractivity contribution in [2.24, 2.45) is 16.2 Å². The highest BCUT2D eigenvalue weighted by Crippen LogP contribution is 2.35. The average Bonchev–Trinajstić information content (AvgIpc) is 2.69. The molecule has 4 nitrogen and oxygen atoms in total. The molecule has 0 N–H and O–H groups in total. The van der Waals surface area contributed by atoms with Crippen LogP contribution in [0.15, 0.2) is 34.2 Å². The number of hydrogen-bond donors (Lipinski definition) is 0. The van der Waals surface area contributed by atoms with Crippen LogP contribution in [0.5, 0.6) is 0 Å². The van der Waals surface area contributed by atoms with E-state index in [9.17, 15) is 8.42 Å². The van der Waals surface area contributed by atoms with Gasteiger partial charge in [0.05, 0.1) is 0 Å². The second kappa shape index (κ2) is 5.78. The van der Waals surface area contributed by atoms with Crippen molar-refractivity contribution in [3.8, 4) is 0 Å². The van der Waals surface area contributed by atoms with Crippen LogP contribution < -0.4 is 0 Å². The van der Waals surface area contributed by atoms with Crippen molar-refractivity contribution < 1.29 is 8.42 Å². The number of rotatable bonds is 1. The number of nitrogens with zero attached hydrogens (tertiary/aromatic N) is 2. The Kier molecular flexibility index (Phi) is 4.08. The Morgan fingerprint density at radius 3 is 2.17 bits per heavy atom. The number of amidine groups is 1.